The Morgan fingerprint density at radius 2 is 1.80 bits per heavy atom. The van der Waals surface area contributed by atoms with Crippen LogP contribution in [0.4, 0.5) is 0 Å². The van der Waals surface area contributed by atoms with Gasteiger partial charge in [0.1, 0.15) is 4.75 Å². The topological polar surface area (TPSA) is 80.4 Å². The molecular weight excluding hydrogens is 214 g/mol. The van der Waals surface area contributed by atoms with E-state index in [0.717, 1.165) is 0 Å². The number of aliphatic carboxylic acids is 1. The molecule has 0 aromatic rings. The first-order valence-corrected chi connectivity index (χ1v) is 6.02. The van der Waals surface area contributed by atoms with E-state index in [1.165, 1.54) is 11.8 Å². The lowest BCUT2D eigenvalue weighted by Gasteiger charge is -2.29. The lowest BCUT2D eigenvalue weighted by Crippen LogP contribution is -2.39. The number of carboxylic acids is 1. The number of amides is 1. The van der Waals surface area contributed by atoms with Gasteiger partial charge in [-0.1, -0.05) is 20.8 Å². The molecule has 0 aromatic heterocycles. The first-order chi connectivity index (χ1) is 6.93. The number of carboxylic acid groups (broad SMARTS) is 1. The molecule has 15 heavy (non-hydrogen) atoms. The van der Waals surface area contributed by atoms with Crippen LogP contribution in [-0.4, -0.2) is 27.0 Å². The molecular formula is C10H19NO3S. The molecule has 1 amide bonds. The SMILES string of the molecule is CCC(SC(CC)(CC)C(=O)O)C(N)=O. The maximum atomic E-state index is 11.2. The normalized spacial score (nSPS) is 13.5. The van der Waals surface area contributed by atoms with Crippen molar-refractivity contribution in [3.63, 3.8) is 0 Å². The van der Waals surface area contributed by atoms with E-state index in [0.29, 0.717) is 19.3 Å². The van der Waals surface area contributed by atoms with Crippen molar-refractivity contribution < 1.29 is 14.7 Å². The summed E-state index contributed by atoms with van der Waals surface area (Å²) in [7, 11) is 0. The van der Waals surface area contributed by atoms with Crippen molar-refractivity contribution in [3.8, 4) is 0 Å². The monoisotopic (exact) mass is 233 g/mol. The van der Waals surface area contributed by atoms with Crippen LogP contribution in [0.1, 0.15) is 40.0 Å². The minimum Gasteiger partial charge on any atom is -0.480 e. The summed E-state index contributed by atoms with van der Waals surface area (Å²) in [6, 6.07) is 0. The maximum Gasteiger partial charge on any atom is 0.319 e. The van der Waals surface area contributed by atoms with Gasteiger partial charge < -0.3 is 10.8 Å². The molecule has 0 saturated carbocycles. The largest absolute Gasteiger partial charge is 0.480 e. The number of rotatable bonds is 7. The van der Waals surface area contributed by atoms with Crippen LogP contribution in [0.2, 0.25) is 0 Å². The second-order valence-corrected chi connectivity index (χ2v) is 5.01. The molecule has 3 N–H and O–H groups in total. The highest BCUT2D eigenvalue weighted by Crippen LogP contribution is 2.37. The van der Waals surface area contributed by atoms with Crippen molar-refractivity contribution in [1.29, 1.82) is 0 Å². The molecule has 0 saturated heterocycles. The molecule has 0 spiro atoms. The summed E-state index contributed by atoms with van der Waals surface area (Å²) in [5.41, 5.74) is 5.21. The molecule has 0 aromatic carbocycles. The van der Waals surface area contributed by atoms with E-state index in [1.807, 2.05) is 20.8 Å². The predicted molar refractivity (Wildman–Crippen MR) is 61.8 cm³/mol. The fourth-order valence-corrected chi connectivity index (χ4v) is 2.65. The minimum absolute atomic E-state index is 0.416. The van der Waals surface area contributed by atoms with Crippen LogP contribution < -0.4 is 5.73 Å². The zero-order valence-electron chi connectivity index (χ0n) is 9.45. The maximum absolute atomic E-state index is 11.2. The third-order valence-electron chi connectivity index (χ3n) is 2.59. The van der Waals surface area contributed by atoms with Crippen LogP contribution in [-0.2, 0) is 9.59 Å². The van der Waals surface area contributed by atoms with E-state index in [9.17, 15) is 14.7 Å². The Balaban J connectivity index is 4.80. The molecule has 1 unspecified atom stereocenters. The molecule has 1 atom stereocenters. The minimum atomic E-state index is -0.879. The summed E-state index contributed by atoms with van der Waals surface area (Å²) in [5.74, 6) is -1.30. The lowest BCUT2D eigenvalue weighted by molar-refractivity contribution is -0.140. The molecule has 0 heterocycles. The highest BCUT2D eigenvalue weighted by Gasteiger charge is 2.38. The van der Waals surface area contributed by atoms with Gasteiger partial charge in [0.15, 0.2) is 0 Å². The molecule has 0 aliphatic rings. The summed E-state index contributed by atoms with van der Waals surface area (Å²) >= 11 is 1.18. The summed E-state index contributed by atoms with van der Waals surface area (Å²) in [5, 5.41) is 8.76. The molecule has 0 radical (unpaired) electrons. The highest BCUT2D eigenvalue weighted by atomic mass is 32.2. The van der Waals surface area contributed by atoms with Gasteiger partial charge in [0.05, 0.1) is 5.25 Å². The van der Waals surface area contributed by atoms with Crippen LogP contribution in [0.15, 0.2) is 0 Å². The van der Waals surface area contributed by atoms with Crippen LogP contribution in [0, 0.1) is 0 Å². The van der Waals surface area contributed by atoms with Gasteiger partial charge in [-0.2, -0.15) is 0 Å². The lowest BCUT2D eigenvalue weighted by atomic mass is 10.0. The zero-order valence-corrected chi connectivity index (χ0v) is 10.3. The van der Waals surface area contributed by atoms with E-state index in [2.05, 4.69) is 0 Å². The van der Waals surface area contributed by atoms with Gasteiger partial charge in [-0.3, -0.25) is 9.59 Å². The first kappa shape index (κ1) is 14.3. The molecule has 0 bridgehead atoms. The predicted octanol–water partition coefficient (Wildman–Crippen LogP) is 1.63. The smallest absolute Gasteiger partial charge is 0.319 e. The van der Waals surface area contributed by atoms with Gasteiger partial charge >= 0.3 is 5.97 Å². The Morgan fingerprint density at radius 3 is 2.00 bits per heavy atom. The highest BCUT2D eigenvalue weighted by molar-refractivity contribution is 8.02. The second-order valence-electron chi connectivity index (χ2n) is 3.42. The molecule has 0 aliphatic carbocycles. The van der Waals surface area contributed by atoms with E-state index in [-0.39, 0.29) is 0 Å². The van der Waals surface area contributed by atoms with Gasteiger partial charge in [-0.15, -0.1) is 11.8 Å². The molecule has 5 heteroatoms. The summed E-state index contributed by atoms with van der Waals surface area (Å²) < 4.78 is -0.879. The van der Waals surface area contributed by atoms with Crippen LogP contribution >= 0.6 is 11.8 Å². The van der Waals surface area contributed by atoms with Crippen molar-refractivity contribution in [2.75, 3.05) is 0 Å². The van der Waals surface area contributed by atoms with Crippen molar-refractivity contribution in [2.45, 2.75) is 50.0 Å². The van der Waals surface area contributed by atoms with Crippen molar-refractivity contribution in [1.82, 2.24) is 0 Å². The third-order valence-corrected chi connectivity index (χ3v) is 4.64. The Labute approximate surface area is 94.6 Å². The Hall–Kier alpha value is -0.710. The molecule has 4 nitrogen and oxygen atoms in total. The fraction of sp³-hybridized carbons (Fsp3) is 0.800. The number of hydrogen-bond acceptors (Lipinski definition) is 3. The number of primary amides is 1. The van der Waals surface area contributed by atoms with E-state index < -0.39 is 21.9 Å². The third kappa shape index (κ3) is 3.41. The van der Waals surface area contributed by atoms with Gasteiger partial charge in [0.2, 0.25) is 5.91 Å². The van der Waals surface area contributed by atoms with E-state index in [1.54, 1.807) is 0 Å². The van der Waals surface area contributed by atoms with E-state index >= 15 is 0 Å². The quantitative estimate of drug-likeness (QED) is 0.700. The summed E-state index contributed by atoms with van der Waals surface area (Å²) in [6.45, 7) is 5.47. The fourth-order valence-electron chi connectivity index (χ4n) is 1.38. The number of nitrogens with two attached hydrogens (primary N) is 1. The summed E-state index contributed by atoms with van der Waals surface area (Å²) in [6.07, 6.45) is 1.55. The Kier molecular flexibility index (Phi) is 5.72. The average Bonchev–Trinajstić information content (AvgIpc) is 2.19. The molecule has 0 rings (SSSR count). The zero-order chi connectivity index (χ0) is 12.1. The van der Waals surface area contributed by atoms with Gasteiger partial charge in [0, 0.05) is 0 Å². The number of hydrogen-bond donors (Lipinski definition) is 2. The van der Waals surface area contributed by atoms with Gasteiger partial charge in [-0.05, 0) is 19.3 Å². The van der Waals surface area contributed by atoms with Crippen LogP contribution in [0.3, 0.4) is 0 Å². The van der Waals surface area contributed by atoms with Crippen molar-refractivity contribution in [2.24, 2.45) is 5.73 Å². The molecule has 0 fully saturated rings. The number of carbonyl (C=O) groups is 2. The first-order valence-electron chi connectivity index (χ1n) is 5.14. The van der Waals surface area contributed by atoms with Crippen molar-refractivity contribution in [3.05, 3.63) is 0 Å². The average molecular weight is 233 g/mol. The van der Waals surface area contributed by atoms with Gasteiger partial charge in [0.25, 0.3) is 0 Å². The Morgan fingerprint density at radius 1 is 1.33 bits per heavy atom. The Bertz CT molecular complexity index is 239. The summed E-state index contributed by atoms with van der Waals surface area (Å²) in [4.78, 5) is 22.3. The van der Waals surface area contributed by atoms with E-state index in [4.69, 9.17) is 5.73 Å². The van der Waals surface area contributed by atoms with Crippen LogP contribution in [0.5, 0.6) is 0 Å². The standard InChI is InChI=1S/C10H19NO3S/c1-4-7(8(11)12)15-10(5-2,6-3)9(13)14/h7H,4-6H2,1-3H3,(H2,11,12)(H,13,14). The number of thioether (sulfide) groups is 1. The van der Waals surface area contributed by atoms with Gasteiger partial charge in [-0.25, -0.2) is 0 Å². The molecule has 88 valence electrons. The van der Waals surface area contributed by atoms with Crippen molar-refractivity contribution >= 4 is 23.6 Å². The molecule has 0 aliphatic heterocycles. The van der Waals surface area contributed by atoms with Crippen LogP contribution in [0.25, 0.3) is 0 Å². The second kappa shape index (κ2) is 6.00. The number of carbonyl (C=O) groups excluding carboxylic acids is 1.